The van der Waals surface area contributed by atoms with E-state index in [0.717, 1.165) is 5.75 Å². The summed E-state index contributed by atoms with van der Waals surface area (Å²) in [6.45, 7) is 4.62. The minimum absolute atomic E-state index is 0.244. The van der Waals surface area contributed by atoms with Crippen molar-refractivity contribution in [3.05, 3.63) is 29.8 Å². The number of hydrogen-bond donors (Lipinski definition) is 0. The molecule has 0 heterocycles. The third-order valence-corrected chi connectivity index (χ3v) is 2.30. The lowest BCUT2D eigenvalue weighted by Gasteiger charge is -2.07. The molecule has 0 aliphatic carbocycles. The number of carbonyl (C=O) groups is 1. The summed E-state index contributed by atoms with van der Waals surface area (Å²) in [5, 5.41) is -0.367. The Morgan fingerprint density at radius 3 is 2.40 bits per heavy atom. The van der Waals surface area contributed by atoms with Gasteiger partial charge < -0.3 is 4.74 Å². The fraction of sp³-hybridized carbons (Fsp3) is 0.417. The van der Waals surface area contributed by atoms with Crippen molar-refractivity contribution in [2.24, 2.45) is 0 Å². The molecule has 2 nitrogen and oxygen atoms in total. The normalized spacial score (nSPS) is 10.4. The third-order valence-electron chi connectivity index (χ3n) is 2.11. The van der Waals surface area contributed by atoms with E-state index in [4.69, 9.17) is 16.3 Å². The van der Waals surface area contributed by atoms with Gasteiger partial charge in [0.25, 0.3) is 0 Å². The SMILES string of the molecule is CC(C)c1ccc(OCCC(=O)Cl)cc1. The van der Waals surface area contributed by atoms with Gasteiger partial charge in [-0.1, -0.05) is 26.0 Å². The molecule has 0 aliphatic heterocycles. The smallest absolute Gasteiger partial charge is 0.225 e. The molecule has 0 radical (unpaired) electrons. The van der Waals surface area contributed by atoms with Crippen molar-refractivity contribution < 1.29 is 9.53 Å². The number of rotatable bonds is 5. The predicted molar refractivity (Wildman–Crippen MR) is 61.5 cm³/mol. The lowest BCUT2D eigenvalue weighted by Crippen LogP contribution is -2.01. The van der Waals surface area contributed by atoms with Gasteiger partial charge in [0.15, 0.2) is 0 Å². The van der Waals surface area contributed by atoms with Crippen LogP contribution in [0.25, 0.3) is 0 Å². The second-order valence-electron chi connectivity index (χ2n) is 3.68. The molecule has 0 unspecified atom stereocenters. The second-order valence-corrected chi connectivity index (χ2v) is 4.10. The van der Waals surface area contributed by atoms with Crippen LogP contribution in [0.2, 0.25) is 0 Å². The maximum absolute atomic E-state index is 10.5. The molecule has 0 aliphatic rings. The van der Waals surface area contributed by atoms with Crippen molar-refractivity contribution in [2.45, 2.75) is 26.2 Å². The van der Waals surface area contributed by atoms with E-state index in [9.17, 15) is 4.79 Å². The van der Waals surface area contributed by atoms with Crippen LogP contribution in [0.5, 0.6) is 5.75 Å². The monoisotopic (exact) mass is 226 g/mol. The van der Waals surface area contributed by atoms with Crippen LogP contribution in [0.15, 0.2) is 24.3 Å². The maximum atomic E-state index is 10.5. The van der Waals surface area contributed by atoms with Crippen LogP contribution in [0, 0.1) is 0 Å². The molecule has 0 saturated heterocycles. The minimum Gasteiger partial charge on any atom is -0.493 e. The molecule has 0 bridgehead atoms. The van der Waals surface area contributed by atoms with Gasteiger partial charge in [-0.05, 0) is 35.2 Å². The van der Waals surface area contributed by atoms with Gasteiger partial charge in [0, 0.05) is 0 Å². The molecule has 0 fully saturated rings. The quantitative estimate of drug-likeness (QED) is 0.720. The van der Waals surface area contributed by atoms with Gasteiger partial charge in [-0.2, -0.15) is 0 Å². The molecule has 15 heavy (non-hydrogen) atoms. The number of ether oxygens (including phenoxy) is 1. The van der Waals surface area contributed by atoms with Crippen LogP contribution in [0.3, 0.4) is 0 Å². The van der Waals surface area contributed by atoms with Crippen molar-refractivity contribution in [3.8, 4) is 5.75 Å². The highest BCUT2D eigenvalue weighted by Gasteiger charge is 2.00. The Morgan fingerprint density at radius 1 is 1.33 bits per heavy atom. The Kier molecular flexibility index (Phi) is 4.63. The fourth-order valence-corrected chi connectivity index (χ4v) is 1.28. The average molecular weight is 227 g/mol. The van der Waals surface area contributed by atoms with Gasteiger partial charge in [-0.25, -0.2) is 0 Å². The van der Waals surface area contributed by atoms with Crippen molar-refractivity contribution in [1.29, 1.82) is 0 Å². The molecule has 1 aromatic carbocycles. The predicted octanol–water partition coefficient (Wildman–Crippen LogP) is 3.34. The fourth-order valence-electron chi connectivity index (χ4n) is 1.20. The zero-order chi connectivity index (χ0) is 11.3. The average Bonchev–Trinajstić information content (AvgIpc) is 2.18. The summed E-state index contributed by atoms with van der Waals surface area (Å²) in [4.78, 5) is 10.5. The molecule has 1 aromatic rings. The highest BCUT2D eigenvalue weighted by Crippen LogP contribution is 2.18. The summed E-state index contributed by atoms with van der Waals surface area (Å²) in [5.41, 5.74) is 1.27. The molecule has 0 saturated carbocycles. The minimum atomic E-state index is -0.367. The first-order valence-electron chi connectivity index (χ1n) is 5.00. The van der Waals surface area contributed by atoms with Crippen molar-refractivity contribution in [2.75, 3.05) is 6.61 Å². The Labute approximate surface area is 95.2 Å². The Bertz CT molecular complexity index is 317. The standard InChI is InChI=1S/C12H15ClO2/c1-9(2)10-3-5-11(6-4-10)15-8-7-12(13)14/h3-6,9H,7-8H2,1-2H3. The molecular weight excluding hydrogens is 212 g/mol. The van der Waals surface area contributed by atoms with Crippen molar-refractivity contribution in [1.82, 2.24) is 0 Å². The molecule has 3 heteroatoms. The van der Waals surface area contributed by atoms with Gasteiger partial charge >= 0.3 is 0 Å². The third kappa shape index (κ3) is 4.34. The molecule has 0 amide bonds. The lowest BCUT2D eigenvalue weighted by atomic mass is 10.0. The van der Waals surface area contributed by atoms with Crippen molar-refractivity contribution >= 4 is 16.8 Å². The Balaban J connectivity index is 2.46. The molecule has 82 valence electrons. The first-order chi connectivity index (χ1) is 7.09. The van der Waals surface area contributed by atoms with Crippen LogP contribution < -0.4 is 4.74 Å². The van der Waals surface area contributed by atoms with Crippen molar-refractivity contribution in [3.63, 3.8) is 0 Å². The van der Waals surface area contributed by atoms with E-state index in [-0.39, 0.29) is 11.7 Å². The van der Waals surface area contributed by atoms with E-state index in [1.807, 2.05) is 24.3 Å². The number of hydrogen-bond acceptors (Lipinski definition) is 2. The molecule has 1 rings (SSSR count). The number of halogens is 1. The number of carbonyl (C=O) groups excluding carboxylic acids is 1. The van der Waals surface area contributed by atoms with Gasteiger partial charge in [-0.15, -0.1) is 0 Å². The lowest BCUT2D eigenvalue weighted by molar-refractivity contribution is -0.112. The second kappa shape index (κ2) is 5.76. The number of benzene rings is 1. The van der Waals surface area contributed by atoms with Crippen LogP contribution >= 0.6 is 11.6 Å². The van der Waals surface area contributed by atoms with Crippen LogP contribution in [-0.4, -0.2) is 11.8 Å². The van der Waals surface area contributed by atoms with E-state index in [1.165, 1.54) is 5.56 Å². The molecule has 0 N–H and O–H groups in total. The topological polar surface area (TPSA) is 26.3 Å². The largest absolute Gasteiger partial charge is 0.493 e. The summed E-state index contributed by atoms with van der Waals surface area (Å²) in [6, 6.07) is 7.88. The van der Waals surface area contributed by atoms with E-state index in [0.29, 0.717) is 12.5 Å². The van der Waals surface area contributed by atoms with Crippen LogP contribution in [-0.2, 0) is 4.79 Å². The van der Waals surface area contributed by atoms with E-state index in [1.54, 1.807) is 0 Å². The zero-order valence-electron chi connectivity index (χ0n) is 9.00. The summed E-state index contributed by atoms with van der Waals surface area (Å²) < 4.78 is 5.35. The van der Waals surface area contributed by atoms with Crippen LogP contribution in [0.1, 0.15) is 31.7 Å². The van der Waals surface area contributed by atoms with E-state index >= 15 is 0 Å². The van der Waals surface area contributed by atoms with Gasteiger partial charge in [0.1, 0.15) is 5.75 Å². The summed E-state index contributed by atoms with van der Waals surface area (Å²) in [6.07, 6.45) is 0.244. The molecular formula is C12H15ClO2. The van der Waals surface area contributed by atoms with E-state index in [2.05, 4.69) is 13.8 Å². The highest BCUT2D eigenvalue weighted by molar-refractivity contribution is 6.63. The molecule has 0 aromatic heterocycles. The van der Waals surface area contributed by atoms with Gasteiger partial charge in [0.2, 0.25) is 5.24 Å². The summed E-state index contributed by atoms with van der Waals surface area (Å²) in [5.74, 6) is 1.29. The first kappa shape index (κ1) is 12.1. The van der Waals surface area contributed by atoms with Crippen LogP contribution in [0.4, 0.5) is 0 Å². The Morgan fingerprint density at radius 2 is 1.93 bits per heavy atom. The van der Waals surface area contributed by atoms with E-state index < -0.39 is 0 Å². The summed E-state index contributed by atoms with van der Waals surface area (Å²) in [7, 11) is 0. The highest BCUT2D eigenvalue weighted by atomic mass is 35.5. The summed E-state index contributed by atoms with van der Waals surface area (Å²) >= 11 is 5.19. The van der Waals surface area contributed by atoms with Gasteiger partial charge in [-0.3, -0.25) is 4.79 Å². The maximum Gasteiger partial charge on any atom is 0.225 e. The van der Waals surface area contributed by atoms with Gasteiger partial charge in [0.05, 0.1) is 13.0 Å². The zero-order valence-corrected chi connectivity index (χ0v) is 9.75. The Hall–Kier alpha value is -1.02. The molecule has 0 spiro atoms. The molecule has 0 atom stereocenters. The first-order valence-corrected chi connectivity index (χ1v) is 5.38.